The van der Waals surface area contributed by atoms with Gasteiger partial charge >= 0.3 is 5.97 Å². The molecule has 2 aromatic rings. The van der Waals surface area contributed by atoms with Gasteiger partial charge in [0, 0.05) is 24.7 Å². The zero-order valence-corrected chi connectivity index (χ0v) is 17.7. The Morgan fingerprint density at radius 2 is 1.97 bits per heavy atom. The summed E-state index contributed by atoms with van der Waals surface area (Å²) in [6, 6.07) is 10.6. The molecule has 0 spiro atoms. The van der Waals surface area contributed by atoms with Gasteiger partial charge in [0.2, 0.25) is 0 Å². The molecule has 1 aromatic carbocycles. The van der Waals surface area contributed by atoms with Crippen molar-refractivity contribution in [3.05, 3.63) is 54.6 Å². The summed E-state index contributed by atoms with van der Waals surface area (Å²) in [5.41, 5.74) is 2.38. The van der Waals surface area contributed by atoms with Crippen molar-refractivity contribution in [2.45, 2.75) is 70.3 Å². The first-order valence-corrected chi connectivity index (χ1v) is 11.2. The van der Waals surface area contributed by atoms with E-state index in [0.29, 0.717) is 18.9 Å². The number of benzene rings is 1. The minimum absolute atomic E-state index is 0.0880. The number of rotatable bonds is 12. The van der Waals surface area contributed by atoms with Crippen LogP contribution >= 0.6 is 0 Å². The molecular weight excluding hydrogens is 378 g/mol. The van der Waals surface area contributed by atoms with Gasteiger partial charge in [-0.25, -0.2) is 4.98 Å². The largest absolute Gasteiger partial charge is 0.481 e. The van der Waals surface area contributed by atoms with E-state index in [9.17, 15) is 4.79 Å². The first-order valence-electron chi connectivity index (χ1n) is 11.2. The molecule has 0 radical (unpaired) electrons. The number of hydrogen-bond acceptors (Lipinski definition) is 4. The molecule has 0 aliphatic heterocycles. The molecule has 1 unspecified atom stereocenters. The molecule has 1 atom stereocenters. The van der Waals surface area contributed by atoms with E-state index < -0.39 is 5.97 Å². The molecule has 6 nitrogen and oxygen atoms in total. The molecule has 0 amide bonds. The van der Waals surface area contributed by atoms with Crippen LogP contribution in [0.4, 0.5) is 0 Å². The lowest BCUT2D eigenvalue weighted by Crippen LogP contribution is -2.29. The smallest absolute Gasteiger partial charge is 0.303 e. The summed E-state index contributed by atoms with van der Waals surface area (Å²) in [7, 11) is 0. The molecule has 6 heteroatoms. The Hall–Kier alpha value is -2.63. The lowest BCUT2D eigenvalue weighted by atomic mass is 9.82. The molecule has 1 aliphatic rings. The predicted molar refractivity (Wildman–Crippen MR) is 117 cm³/mol. The van der Waals surface area contributed by atoms with Crippen LogP contribution in [0.25, 0.3) is 0 Å². The molecule has 162 valence electrons. The summed E-state index contributed by atoms with van der Waals surface area (Å²) in [6.45, 7) is 0.526. The first-order chi connectivity index (χ1) is 14.7. The van der Waals surface area contributed by atoms with Crippen LogP contribution in [0.2, 0.25) is 0 Å². The Morgan fingerprint density at radius 3 is 2.67 bits per heavy atom. The molecule has 1 N–H and O–H groups in total. The number of carbonyl (C=O) groups is 1. The average Bonchev–Trinajstić information content (AvgIpc) is 3.30. The minimum atomic E-state index is -0.738. The van der Waals surface area contributed by atoms with E-state index in [-0.39, 0.29) is 12.5 Å². The summed E-state index contributed by atoms with van der Waals surface area (Å²) in [4.78, 5) is 20.7. The van der Waals surface area contributed by atoms with Gasteiger partial charge in [-0.2, -0.15) is 0 Å². The molecule has 1 saturated carbocycles. The van der Waals surface area contributed by atoms with E-state index in [1.807, 2.05) is 24.8 Å². The molecule has 1 heterocycles. The third-order valence-corrected chi connectivity index (χ3v) is 5.82. The maximum Gasteiger partial charge on any atom is 0.303 e. The molecule has 1 fully saturated rings. The average molecular weight is 412 g/mol. The maximum atomic E-state index is 10.6. The topological polar surface area (TPSA) is 76.7 Å². The Bertz CT molecular complexity index is 768. The van der Waals surface area contributed by atoms with E-state index in [0.717, 1.165) is 37.8 Å². The number of nitrogens with zero attached hydrogens (tertiary/aromatic N) is 3. The van der Waals surface area contributed by atoms with E-state index in [1.54, 1.807) is 0 Å². The number of carboxylic acids is 1. The van der Waals surface area contributed by atoms with Crippen molar-refractivity contribution in [3.63, 3.8) is 0 Å². The van der Waals surface area contributed by atoms with Gasteiger partial charge in [0.05, 0.1) is 18.1 Å². The van der Waals surface area contributed by atoms with Crippen LogP contribution < -0.4 is 0 Å². The summed E-state index contributed by atoms with van der Waals surface area (Å²) < 4.78 is 2.15. The number of imidazole rings is 1. The van der Waals surface area contributed by atoms with Crippen LogP contribution in [0, 0.1) is 5.92 Å². The third-order valence-electron chi connectivity index (χ3n) is 5.82. The minimum Gasteiger partial charge on any atom is -0.481 e. The number of carboxylic acid groups (broad SMARTS) is 1. The summed E-state index contributed by atoms with van der Waals surface area (Å²) >= 11 is 0. The van der Waals surface area contributed by atoms with E-state index >= 15 is 0 Å². The number of aliphatic carboxylic acids is 1. The van der Waals surface area contributed by atoms with Crippen molar-refractivity contribution in [2.24, 2.45) is 11.1 Å². The number of unbranched alkanes of at least 4 members (excludes halogenated alkanes) is 2. The molecule has 1 aliphatic carbocycles. The highest BCUT2D eigenvalue weighted by Crippen LogP contribution is 2.31. The third kappa shape index (κ3) is 7.01. The lowest BCUT2D eigenvalue weighted by Gasteiger charge is -2.29. The molecule has 1 aromatic heterocycles. The highest BCUT2D eigenvalue weighted by molar-refractivity contribution is 5.90. The molecule has 0 saturated heterocycles. The van der Waals surface area contributed by atoms with Crippen molar-refractivity contribution in [2.75, 3.05) is 6.61 Å². The predicted octanol–water partition coefficient (Wildman–Crippen LogP) is 5.26. The lowest BCUT2D eigenvalue weighted by molar-refractivity contribution is -0.137. The molecule has 30 heavy (non-hydrogen) atoms. The fourth-order valence-electron chi connectivity index (χ4n) is 4.20. The van der Waals surface area contributed by atoms with Crippen molar-refractivity contribution in [3.8, 4) is 0 Å². The Kier molecular flexibility index (Phi) is 8.94. The van der Waals surface area contributed by atoms with Gasteiger partial charge in [-0.1, -0.05) is 54.8 Å². The van der Waals surface area contributed by atoms with Gasteiger partial charge in [0.1, 0.15) is 6.61 Å². The van der Waals surface area contributed by atoms with E-state index in [4.69, 9.17) is 9.94 Å². The number of aromatic nitrogens is 2. The van der Waals surface area contributed by atoms with Crippen molar-refractivity contribution < 1.29 is 14.7 Å². The van der Waals surface area contributed by atoms with Crippen molar-refractivity contribution in [1.29, 1.82) is 0 Å². The number of hydrogen-bond donors (Lipinski definition) is 1. The van der Waals surface area contributed by atoms with Gasteiger partial charge in [-0.05, 0) is 44.1 Å². The molecule has 0 bridgehead atoms. The van der Waals surface area contributed by atoms with Gasteiger partial charge in [0.25, 0.3) is 0 Å². The van der Waals surface area contributed by atoms with Gasteiger partial charge in [0.15, 0.2) is 0 Å². The maximum absolute atomic E-state index is 10.6. The summed E-state index contributed by atoms with van der Waals surface area (Å²) in [6.07, 6.45) is 15.2. The van der Waals surface area contributed by atoms with E-state index in [2.05, 4.69) is 39.0 Å². The van der Waals surface area contributed by atoms with Gasteiger partial charge < -0.3 is 14.5 Å². The zero-order chi connectivity index (χ0) is 21.0. The zero-order valence-electron chi connectivity index (χ0n) is 17.7. The second-order valence-electron chi connectivity index (χ2n) is 8.10. The Morgan fingerprint density at radius 1 is 1.17 bits per heavy atom. The van der Waals surface area contributed by atoms with Crippen LogP contribution in [-0.2, 0) is 16.1 Å². The summed E-state index contributed by atoms with van der Waals surface area (Å²) in [5, 5.41) is 13.4. The standard InChI is InChI=1S/C24H33N3O3/c28-23(29)14-8-3-9-17-30-26-24(21-12-6-2-7-13-21)22(27-16-15-25-19-27)18-20-10-4-1-5-11-20/h1,4-5,10-11,15-16,19,21-22H,2-3,6-9,12-14,17-18H2,(H,28,29)/b26-24-. The second-order valence-corrected chi connectivity index (χ2v) is 8.10. The normalized spacial score (nSPS) is 16.3. The van der Waals surface area contributed by atoms with Crippen LogP contribution in [0.1, 0.15) is 69.4 Å². The highest BCUT2D eigenvalue weighted by atomic mass is 16.6. The Balaban J connectivity index is 1.71. The highest BCUT2D eigenvalue weighted by Gasteiger charge is 2.28. The Labute approximate surface area is 179 Å². The second kappa shape index (κ2) is 12.2. The molecule has 3 rings (SSSR count). The molecular formula is C24H33N3O3. The van der Waals surface area contributed by atoms with Crippen LogP contribution in [0.5, 0.6) is 0 Å². The number of oxime groups is 1. The van der Waals surface area contributed by atoms with Gasteiger partial charge in [-0.3, -0.25) is 4.79 Å². The fourth-order valence-corrected chi connectivity index (χ4v) is 4.20. The van der Waals surface area contributed by atoms with Crippen molar-refractivity contribution >= 4 is 11.7 Å². The van der Waals surface area contributed by atoms with Crippen LogP contribution in [0.15, 0.2) is 54.2 Å². The van der Waals surface area contributed by atoms with Gasteiger partial charge in [-0.15, -0.1) is 0 Å². The monoisotopic (exact) mass is 411 g/mol. The van der Waals surface area contributed by atoms with Crippen LogP contribution in [-0.4, -0.2) is 32.9 Å². The van der Waals surface area contributed by atoms with Crippen LogP contribution in [0.3, 0.4) is 0 Å². The fraction of sp³-hybridized carbons (Fsp3) is 0.542. The van der Waals surface area contributed by atoms with Crippen molar-refractivity contribution in [1.82, 2.24) is 9.55 Å². The summed E-state index contributed by atoms with van der Waals surface area (Å²) in [5.74, 6) is -0.306. The van der Waals surface area contributed by atoms with E-state index in [1.165, 1.54) is 24.8 Å². The first kappa shape index (κ1) is 22.1. The SMILES string of the molecule is O=C(O)CCCCCO/N=C(/C1CCCCC1)C(Cc1ccccc1)n1ccnc1. The quantitative estimate of drug-likeness (QED) is 0.293.